The number of hydrogen-bond donors (Lipinski definition) is 1. The van der Waals surface area contributed by atoms with Gasteiger partial charge in [-0.25, -0.2) is 0 Å². The number of hydrogen-bond acceptors (Lipinski definition) is 4. The zero-order valence-electron chi connectivity index (χ0n) is 9.49. The van der Waals surface area contributed by atoms with Crippen LogP contribution in [0.5, 0.6) is 11.5 Å². The Labute approximate surface area is 102 Å². The normalized spacial score (nSPS) is 12.7. The van der Waals surface area contributed by atoms with Crippen molar-refractivity contribution < 1.29 is 22.6 Å². The Kier molecular flexibility index (Phi) is 4.39. The second-order valence-electron chi connectivity index (χ2n) is 3.36. The van der Waals surface area contributed by atoms with Gasteiger partial charge in [0.15, 0.2) is 11.5 Å². The minimum atomic E-state index is -4.56. The first kappa shape index (κ1) is 14.1. The molecule has 1 atom stereocenters. The smallest absolute Gasteiger partial charge is 0.426 e. The molecule has 0 aliphatic rings. The van der Waals surface area contributed by atoms with Gasteiger partial charge in [0, 0.05) is 12.6 Å². The molecule has 0 spiro atoms. The quantitative estimate of drug-likeness (QED) is 0.896. The monoisotopic (exact) mass is 260 g/mol. The van der Waals surface area contributed by atoms with E-state index in [0.717, 1.165) is 0 Å². The molecule has 1 aromatic carbocycles. The molecule has 0 bridgehead atoms. The van der Waals surface area contributed by atoms with Crippen LogP contribution in [-0.4, -0.2) is 25.9 Å². The third-order valence-electron chi connectivity index (χ3n) is 2.14. The number of nitriles is 1. The maximum atomic E-state index is 12.5. The van der Waals surface area contributed by atoms with Crippen LogP contribution in [0.3, 0.4) is 0 Å². The van der Waals surface area contributed by atoms with Crippen LogP contribution in [-0.2, 0) is 0 Å². The summed E-state index contributed by atoms with van der Waals surface area (Å²) in [7, 11) is 1.27. The largest absolute Gasteiger partial charge is 0.493 e. The minimum absolute atomic E-state index is 0.0525. The summed E-state index contributed by atoms with van der Waals surface area (Å²) in [5, 5.41) is 8.66. The van der Waals surface area contributed by atoms with E-state index in [1.54, 1.807) is 0 Å². The third kappa shape index (κ3) is 3.28. The fourth-order valence-corrected chi connectivity index (χ4v) is 1.24. The molecule has 0 saturated heterocycles. The molecular formula is C11H11F3N2O2. The first-order chi connectivity index (χ1) is 8.42. The van der Waals surface area contributed by atoms with Gasteiger partial charge in [0.1, 0.15) is 0 Å². The van der Waals surface area contributed by atoms with Crippen molar-refractivity contribution in [2.24, 2.45) is 5.73 Å². The van der Waals surface area contributed by atoms with Crippen LogP contribution < -0.4 is 15.2 Å². The summed E-state index contributed by atoms with van der Waals surface area (Å²) in [5.74, 6) is -0.0546. The third-order valence-corrected chi connectivity index (χ3v) is 2.14. The molecule has 1 unspecified atom stereocenters. The van der Waals surface area contributed by atoms with Crippen molar-refractivity contribution >= 4 is 0 Å². The number of methoxy groups -OCH3 is 1. The first-order valence-corrected chi connectivity index (χ1v) is 4.94. The molecule has 1 aromatic rings. The lowest BCUT2D eigenvalue weighted by atomic mass is 10.2. The maximum Gasteiger partial charge on any atom is 0.426 e. The second kappa shape index (κ2) is 5.60. The molecule has 0 radical (unpaired) electrons. The molecule has 18 heavy (non-hydrogen) atoms. The molecule has 0 saturated carbocycles. The topological polar surface area (TPSA) is 68.3 Å². The van der Waals surface area contributed by atoms with E-state index >= 15 is 0 Å². The lowest BCUT2D eigenvalue weighted by molar-refractivity contribution is -0.191. The zero-order valence-corrected chi connectivity index (χ0v) is 9.49. The van der Waals surface area contributed by atoms with Gasteiger partial charge in [0.05, 0.1) is 18.7 Å². The Bertz CT molecular complexity index is 455. The van der Waals surface area contributed by atoms with Crippen LogP contribution in [0.25, 0.3) is 0 Å². The summed E-state index contributed by atoms with van der Waals surface area (Å²) in [6.45, 7) is -0.702. The molecule has 0 aliphatic heterocycles. The van der Waals surface area contributed by atoms with Gasteiger partial charge in [-0.3, -0.25) is 0 Å². The average molecular weight is 260 g/mol. The number of nitrogens with zero attached hydrogens (tertiary/aromatic N) is 1. The van der Waals surface area contributed by atoms with Crippen LogP contribution in [0.4, 0.5) is 13.2 Å². The summed E-state index contributed by atoms with van der Waals surface area (Å²) in [6, 6.07) is 5.71. The predicted molar refractivity (Wildman–Crippen MR) is 57.2 cm³/mol. The van der Waals surface area contributed by atoms with Crippen molar-refractivity contribution in [1.82, 2.24) is 0 Å². The van der Waals surface area contributed by atoms with Crippen molar-refractivity contribution in [3.05, 3.63) is 23.8 Å². The Morgan fingerprint density at radius 2 is 2.06 bits per heavy atom. The fourth-order valence-electron chi connectivity index (χ4n) is 1.24. The van der Waals surface area contributed by atoms with Crippen molar-refractivity contribution in [1.29, 1.82) is 5.26 Å². The average Bonchev–Trinajstić information content (AvgIpc) is 2.34. The van der Waals surface area contributed by atoms with E-state index in [0.29, 0.717) is 0 Å². The van der Waals surface area contributed by atoms with Crippen LogP contribution in [0.2, 0.25) is 0 Å². The SMILES string of the molecule is COc1cc(C#N)ccc1OC(CN)C(F)(F)F. The van der Waals surface area contributed by atoms with Gasteiger partial charge in [-0.05, 0) is 12.1 Å². The molecule has 0 aliphatic carbocycles. The lowest BCUT2D eigenvalue weighted by Gasteiger charge is -2.21. The van der Waals surface area contributed by atoms with Crippen LogP contribution >= 0.6 is 0 Å². The fraction of sp³-hybridized carbons (Fsp3) is 0.364. The van der Waals surface area contributed by atoms with Gasteiger partial charge < -0.3 is 15.2 Å². The number of ether oxygens (including phenoxy) is 2. The number of halogens is 3. The molecule has 0 heterocycles. The zero-order chi connectivity index (χ0) is 13.8. The Morgan fingerprint density at radius 3 is 2.50 bits per heavy atom. The molecule has 0 fully saturated rings. The molecule has 4 nitrogen and oxygen atoms in total. The van der Waals surface area contributed by atoms with Gasteiger partial charge >= 0.3 is 6.18 Å². The van der Waals surface area contributed by atoms with Gasteiger partial charge in [-0.2, -0.15) is 18.4 Å². The number of benzene rings is 1. The molecule has 98 valence electrons. The maximum absolute atomic E-state index is 12.5. The van der Waals surface area contributed by atoms with Crippen molar-refractivity contribution in [2.75, 3.05) is 13.7 Å². The second-order valence-corrected chi connectivity index (χ2v) is 3.36. The summed E-state index contributed by atoms with van der Waals surface area (Å²) >= 11 is 0. The number of alkyl halides is 3. The summed E-state index contributed by atoms with van der Waals surface area (Å²) in [6.07, 6.45) is -6.67. The van der Waals surface area contributed by atoms with Gasteiger partial charge in [0.25, 0.3) is 0 Å². The summed E-state index contributed by atoms with van der Waals surface area (Å²) in [5.41, 5.74) is 5.28. The van der Waals surface area contributed by atoms with E-state index in [4.69, 9.17) is 20.5 Å². The van der Waals surface area contributed by atoms with Crippen molar-refractivity contribution in [3.63, 3.8) is 0 Å². The predicted octanol–water partition coefficient (Wildman–Crippen LogP) is 1.84. The van der Waals surface area contributed by atoms with Crippen molar-refractivity contribution in [2.45, 2.75) is 12.3 Å². The van der Waals surface area contributed by atoms with Crippen molar-refractivity contribution in [3.8, 4) is 17.6 Å². The summed E-state index contributed by atoms with van der Waals surface area (Å²) in [4.78, 5) is 0. The Balaban J connectivity index is 3.00. The molecule has 7 heteroatoms. The first-order valence-electron chi connectivity index (χ1n) is 4.94. The number of nitrogens with two attached hydrogens (primary N) is 1. The Hall–Kier alpha value is -1.94. The highest BCUT2D eigenvalue weighted by molar-refractivity contribution is 5.46. The summed E-state index contributed by atoms with van der Waals surface area (Å²) < 4.78 is 47.1. The van der Waals surface area contributed by atoms with E-state index in [-0.39, 0.29) is 17.1 Å². The van der Waals surface area contributed by atoms with E-state index in [1.165, 1.54) is 25.3 Å². The van der Waals surface area contributed by atoms with Gasteiger partial charge in [0.2, 0.25) is 6.10 Å². The van der Waals surface area contributed by atoms with E-state index in [1.807, 2.05) is 6.07 Å². The minimum Gasteiger partial charge on any atom is -0.493 e. The van der Waals surface area contributed by atoms with E-state index < -0.39 is 18.8 Å². The van der Waals surface area contributed by atoms with Crippen LogP contribution in [0, 0.1) is 11.3 Å². The standard InChI is InChI=1S/C11H11F3N2O2/c1-17-9-4-7(5-15)2-3-8(9)18-10(6-16)11(12,13)14/h2-4,10H,6,16H2,1H3. The van der Waals surface area contributed by atoms with Crippen LogP contribution in [0.15, 0.2) is 18.2 Å². The molecule has 0 aromatic heterocycles. The highest BCUT2D eigenvalue weighted by Crippen LogP contribution is 2.32. The van der Waals surface area contributed by atoms with Gasteiger partial charge in [-0.1, -0.05) is 0 Å². The Morgan fingerprint density at radius 1 is 1.39 bits per heavy atom. The molecule has 2 N–H and O–H groups in total. The molecule has 0 amide bonds. The van der Waals surface area contributed by atoms with Gasteiger partial charge in [-0.15, -0.1) is 0 Å². The molecular weight excluding hydrogens is 249 g/mol. The highest BCUT2D eigenvalue weighted by Gasteiger charge is 2.41. The lowest BCUT2D eigenvalue weighted by Crippen LogP contribution is -2.40. The highest BCUT2D eigenvalue weighted by atomic mass is 19.4. The van der Waals surface area contributed by atoms with E-state index in [9.17, 15) is 13.2 Å². The van der Waals surface area contributed by atoms with Crippen LogP contribution in [0.1, 0.15) is 5.56 Å². The van der Waals surface area contributed by atoms with E-state index in [2.05, 4.69) is 0 Å². The number of rotatable bonds is 4. The molecule has 1 rings (SSSR count).